The van der Waals surface area contributed by atoms with Crippen molar-refractivity contribution in [2.75, 3.05) is 5.32 Å². The number of nitrogens with zero attached hydrogens (tertiary/aromatic N) is 2. The van der Waals surface area contributed by atoms with Gasteiger partial charge in [-0.2, -0.15) is 5.10 Å². The molecule has 0 spiro atoms. The van der Waals surface area contributed by atoms with E-state index in [0.29, 0.717) is 6.04 Å². The van der Waals surface area contributed by atoms with Crippen LogP contribution in [0.1, 0.15) is 39.3 Å². The lowest BCUT2D eigenvalue weighted by Crippen LogP contribution is -2.14. The zero-order valence-electron chi connectivity index (χ0n) is 9.67. The van der Waals surface area contributed by atoms with Crippen molar-refractivity contribution in [1.29, 1.82) is 0 Å². The van der Waals surface area contributed by atoms with E-state index in [1.54, 1.807) is 0 Å². The van der Waals surface area contributed by atoms with Crippen LogP contribution in [-0.4, -0.2) is 15.8 Å². The predicted octanol–water partition coefficient (Wildman–Crippen LogP) is 2.81. The third-order valence-electron chi connectivity index (χ3n) is 2.06. The summed E-state index contributed by atoms with van der Waals surface area (Å²) >= 11 is 0. The zero-order chi connectivity index (χ0) is 10.6. The van der Waals surface area contributed by atoms with Crippen LogP contribution in [0.2, 0.25) is 0 Å². The Morgan fingerprint density at radius 1 is 1.50 bits per heavy atom. The number of aryl methyl sites for hydroxylation is 2. The lowest BCUT2D eigenvalue weighted by molar-refractivity contribution is 0.570. The number of nitrogens with one attached hydrogen (secondary N) is 1. The number of aromatic nitrogens is 2. The molecule has 1 aromatic rings. The number of anilines is 1. The minimum Gasteiger partial charge on any atom is -0.368 e. The van der Waals surface area contributed by atoms with Crippen molar-refractivity contribution < 1.29 is 0 Å². The molecule has 1 N–H and O–H groups in total. The summed E-state index contributed by atoms with van der Waals surface area (Å²) in [5.74, 6) is 1.14. The molecule has 0 aliphatic carbocycles. The molecule has 1 rings (SSSR count). The molecule has 0 atom stereocenters. The third-order valence-corrected chi connectivity index (χ3v) is 2.06. The minimum atomic E-state index is 0.464. The van der Waals surface area contributed by atoms with E-state index in [1.807, 2.05) is 6.92 Å². The van der Waals surface area contributed by atoms with Crippen molar-refractivity contribution in [3.05, 3.63) is 11.8 Å². The van der Waals surface area contributed by atoms with Crippen LogP contribution in [0.15, 0.2) is 6.07 Å². The number of hydrogen-bond donors (Lipinski definition) is 1. The van der Waals surface area contributed by atoms with E-state index in [9.17, 15) is 0 Å². The molecule has 0 unspecified atom stereocenters. The summed E-state index contributed by atoms with van der Waals surface area (Å²) < 4.78 is 2.07. The highest BCUT2D eigenvalue weighted by Gasteiger charge is 2.05. The van der Waals surface area contributed by atoms with Crippen LogP contribution < -0.4 is 5.32 Å². The Labute approximate surface area is 86.5 Å². The van der Waals surface area contributed by atoms with Gasteiger partial charge in [-0.25, -0.2) is 4.68 Å². The van der Waals surface area contributed by atoms with Crippen molar-refractivity contribution in [2.24, 2.45) is 0 Å². The molecule has 1 heterocycles. The second kappa shape index (κ2) is 5.03. The van der Waals surface area contributed by atoms with Gasteiger partial charge in [0.2, 0.25) is 0 Å². The average molecular weight is 195 g/mol. The molecule has 0 saturated heterocycles. The van der Waals surface area contributed by atoms with Gasteiger partial charge in [0.1, 0.15) is 5.82 Å². The number of rotatable bonds is 5. The van der Waals surface area contributed by atoms with Crippen LogP contribution in [-0.2, 0) is 6.54 Å². The fourth-order valence-corrected chi connectivity index (χ4v) is 1.44. The molecule has 0 radical (unpaired) electrons. The summed E-state index contributed by atoms with van der Waals surface area (Å²) in [6, 6.07) is 2.57. The Morgan fingerprint density at radius 2 is 2.21 bits per heavy atom. The quantitative estimate of drug-likeness (QED) is 0.783. The van der Waals surface area contributed by atoms with Crippen molar-refractivity contribution in [3.63, 3.8) is 0 Å². The normalized spacial score (nSPS) is 10.9. The van der Waals surface area contributed by atoms with Crippen LogP contribution in [0.4, 0.5) is 5.82 Å². The van der Waals surface area contributed by atoms with Gasteiger partial charge in [0.25, 0.3) is 0 Å². The van der Waals surface area contributed by atoms with Crippen LogP contribution in [0.3, 0.4) is 0 Å². The second-order valence-electron chi connectivity index (χ2n) is 4.05. The highest BCUT2D eigenvalue weighted by atomic mass is 15.3. The van der Waals surface area contributed by atoms with Gasteiger partial charge in [0.05, 0.1) is 5.69 Å². The van der Waals surface area contributed by atoms with Gasteiger partial charge >= 0.3 is 0 Å². The maximum atomic E-state index is 4.46. The smallest absolute Gasteiger partial charge is 0.124 e. The molecule has 0 aliphatic rings. The summed E-state index contributed by atoms with van der Waals surface area (Å²) in [6.45, 7) is 9.54. The van der Waals surface area contributed by atoms with E-state index >= 15 is 0 Å². The Bertz CT molecular complexity index is 276. The lowest BCUT2D eigenvalue weighted by atomic mass is 10.3. The Balaban J connectivity index is 2.69. The van der Waals surface area contributed by atoms with Gasteiger partial charge in [-0.15, -0.1) is 0 Å². The highest BCUT2D eigenvalue weighted by Crippen LogP contribution is 2.12. The van der Waals surface area contributed by atoms with E-state index in [1.165, 1.54) is 12.8 Å². The molecule has 3 heteroatoms. The zero-order valence-corrected chi connectivity index (χ0v) is 9.67. The predicted molar refractivity (Wildman–Crippen MR) is 60.6 cm³/mol. The minimum absolute atomic E-state index is 0.464. The van der Waals surface area contributed by atoms with E-state index in [2.05, 4.69) is 41.9 Å². The summed E-state index contributed by atoms with van der Waals surface area (Å²) in [7, 11) is 0. The van der Waals surface area contributed by atoms with Gasteiger partial charge in [0.15, 0.2) is 0 Å². The van der Waals surface area contributed by atoms with Crippen molar-refractivity contribution >= 4 is 5.82 Å². The largest absolute Gasteiger partial charge is 0.368 e. The molecule has 0 fully saturated rings. The Morgan fingerprint density at radius 3 is 2.79 bits per heavy atom. The third kappa shape index (κ3) is 3.05. The Hall–Kier alpha value is -0.990. The number of unbranched alkanes of at least 4 members (excludes halogenated alkanes) is 1. The highest BCUT2D eigenvalue weighted by molar-refractivity contribution is 5.37. The SMILES string of the molecule is CCCCn1nc(C)cc1NC(C)C. The van der Waals surface area contributed by atoms with Crippen molar-refractivity contribution in [3.8, 4) is 0 Å². The first-order chi connectivity index (χ1) is 6.63. The van der Waals surface area contributed by atoms with Crippen LogP contribution in [0.5, 0.6) is 0 Å². The summed E-state index contributed by atoms with van der Waals surface area (Å²) in [5, 5.41) is 7.86. The van der Waals surface area contributed by atoms with Crippen LogP contribution in [0, 0.1) is 6.92 Å². The molecule has 80 valence electrons. The van der Waals surface area contributed by atoms with Crippen molar-refractivity contribution in [1.82, 2.24) is 9.78 Å². The van der Waals surface area contributed by atoms with E-state index in [0.717, 1.165) is 18.1 Å². The molecule has 0 aliphatic heterocycles. The summed E-state index contributed by atoms with van der Waals surface area (Å²) in [4.78, 5) is 0. The van der Waals surface area contributed by atoms with Gasteiger partial charge in [-0.3, -0.25) is 0 Å². The molecular formula is C11H21N3. The Kier molecular flexibility index (Phi) is 3.98. The van der Waals surface area contributed by atoms with E-state index < -0.39 is 0 Å². The second-order valence-corrected chi connectivity index (χ2v) is 4.05. The van der Waals surface area contributed by atoms with E-state index in [4.69, 9.17) is 0 Å². The van der Waals surface area contributed by atoms with Crippen molar-refractivity contribution in [2.45, 2.75) is 53.1 Å². The lowest BCUT2D eigenvalue weighted by Gasteiger charge is -2.11. The first-order valence-corrected chi connectivity index (χ1v) is 5.44. The summed E-state index contributed by atoms with van der Waals surface area (Å²) in [5.41, 5.74) is 1.09. The fraction of sp³-hybridized carbons (Fsp3) is 0.727. The van der Waals surface area contributed by atoms with Gasteiger partial charge in [0, 0.05) is 18.7 Å². The molecule has 0 saturated carbocycles. The molecule has 1 aromatic heterocycles. The molecular weight excluding hydrogens is 174 g/mol. The van der Waals surface area contributed by atoms with Gasteiger partial charge in [-0.05, 0) is 27.2 Å². The molecule has 0 aromatic carbocycles. The van der Waals surface area contributed by atoms with E-state index in [-0.39, 0.29) is 0 Å². The monoisotopic (exact) mass is 195 g/mol. The average Bonchev–Trinajstić information content (AvgIpc) is 2.41. The van der Waals surface area contributed by atoms with Gasteiger partial charge < -0.3 is 5.32 Å². The van der Waals surface area contributed by atoms with Crippen LogP contribution >= 0.6 is 0 Å². The molecule has 14 heavy (non-hydrogen) atoms. The molecule has 3 nitrogen and oxygen atoms in total. The first kappa shape index (κ1) is 11.1. The number of hydrogen-bond acceptors (Lipinski definition) is 2. The standard InChI is InChI=1S/C11H21N3/c1-5-6-7-14-11(12-9(2)3)8-10(4)13-14/h8-9,12H,5-7H2,1-4H3. The molecule has 0 amide bonds. The fourth-order valence-electron chi connectivity index (χ4n) is 1.44. The van der Waals surface area contributed by atoms with Gasteiger partial charge in [-0.1, -0.05) is 13.3 Å². The maximum absolute atomic E-state index is 4.46. The maximum Gasteiger partial charge on any atom is 0.124 e. The topological polar surface area (TPSA) is 29.9 Å². The van der Waals surface area contributed by atoms with Crippen LogP contribution in [0.25, 0.3) is 0 Å². The molecule has 0 bridgehead atoms. The first-order valence-electron chi connectivity index (χ1n) is 5.44. The summed E-state index contributed by atoms with van der Waals surface area (Å²) in [6.07, 6.45) is 2.40.